The Bertz CT molecular complexity index is 283. The van der Waals surface area contributed by atoms with Gasteiger partial charge in [-0.25, -0.2) is 0 Å². The van der Waals surface area contributed by atoms with Crippen molar-refractivity contribution < 1.29 is 9.47 Å². The molecule has 2 nitrogen and oxygen atoms in total. The Kier molecular flexibility index (Phi) is 3.06. The normalized spacial score (nSPS) is 24.9. The zero-order valence-corrected chi connectivity index (χ0v) is 8.67. The molecule has 1 atom stereocenters. The van der Waals surface area contributed by atoms with Crippen LogP contribution in [-0.4, -0.2) is 24.7 Å². The highest BCUT2D eigenvalue weighted by Gasteiger charge is 2.44. The lowest BCUT2D eigenvalue weighted by Crippen LogP contribution is -2.21. The summed E-state index contributed by atoms with van der Waals surface area (Å²) in [5.41, 5.74) is 0.994. The van der Waals surface area contributed by atoms with Crippen LogP contribution in [0.25, 0.3) is 0 Å². The Labute approximate surface area is 88.8 Å². The van der Waals surface area contributed by atoms with Crippen molar-refractivity contribution >= 4 is 11.6 Å². The van der Waals surface area contributed by atoms with Crippen LogP contribution in [0.5, 0.6) is 0 Å². The van der Waals surface area contributed by atoms with Crippen LogP contribution in [0.1, 0.15) is 5.56 Å². The fraction of sp³-hybridized carbons (Fsp3) is 0.455. The van der Waals surface area contributed by atoms with Gasteiger partial charge in [0.1, 0.15) is 5.60 Å². The second kappa shape index (κ2) is 4.30. The van der Waals surface area contributed by atoms with Crippen molar-refractivity contribution in [3.63, 3.8) is 0 Å². The maximum absolute atomic E-state index is 5.73. The number of benzene rings is 1. The zero-order valence-electron chi connectivity index (χ0n) is 7.91. The molecule has 1 fully saturated rings. The topological polar surface area (TPSA) is 21.8 Å². The SMILES string of the molecule is ClCC1(COCc2ccccc2)CO1. The number of halogens is 1. The minimum Gasteiger partial charge on any atom is -0.374 e. The van der Waals surface area contributed by atoms with E-state index in [0.29, 0.717) is 19.1 Å². The average Bonchev–Trinajstić information content (AvgIpc) is 3.00. The van der Waals surface area contributed by atoms with Crippen molar-refractivity contribution in [2.75, 3.05) is 19.1 Å². The molecule has 1 aliphatic heterocycles. The van der Waals surface area contributed by atoms with Crippen LogP contribution >= 0.6 is 11.6 Å². The van der Waals surface area contributed by atoms with E-state index in [2.05, 4.69) is 0 Å². The molecule has 1 unspecified atom stereocenters. The van der Waals surface area contributed by atoms with Crippen molar-refractivity contribution in [3.8, 4) is 0 Å². The van der Waals surface area contributed by atoms with Crippen LogP contribution in [0.2, 0.25) is 0 Å². The van der Waals surface area contributed by atoms with Crippen molar-refractivity contribution in [2.24, 2.45) is 0 Å². The number of epoxide rings is 1. The molecule has 0 spiro atoms. The fourth-order valence-electron chi connectivity index (χ4n) is 1.23. The highest BCUT2D eigenvalue weighted by molar-refractivity contribution is 6.18. The molecule has 3 heteroatoms. The molecule has 0 aliphatic carbocycles. The number of hydrogen-bond donors (Lipinski definition) is 0. The molecule has 2 rings (SSSR count). The van der Waals surface area contributed by atoms with E-state index in [1.54, 1.807) is 0 Å². The van der Waals surface area contributed by atoms with Gasteiger partial charge in [0.05, 0.1) is 25.7 Å². The molecule has 0 amide bonds. The van der Waals surface area contributed by atoms with Crippen LogP contribution in [0.3, 0.4) is 0 Å². The molecule has 14 heavy (non-hydrogen) atoms. The Hall–Kier alpha value is -0.570. The van der Waals surface area contributed by atoms with E-state index in [-0.39, 0.29) is 5.60 Å². The van der Waals surface area contributed by atoms with Gasteiger partial charge < -0.3 is 9.47 Å². The van der Waals surface area contributed by atoms with Gasteiger partial charge >= 0.3 is 0 Å². The highest BCUT2D eigenvalue weighted by Crippen LogP contribution is 2.28. The van der Waals surface area contributed by atoms with Gasteiger partial charge in [-0.1, -0.05) is 30.3 Å². The monoisotopic (exact) mass is 212 g/mol. The molecule has 1 aromatic rings. The first-order valence-corrected chi connectivity index (χ1v) is 5.20. The molecular formula is C11H13ClO2. The van der Waals surface area contributed by atoms with Crippen LogP contribution in [0, 0.1) is 0 Å². The zero-order chi connectivity index (χ0) is 9.86. The van der Waals surface area contributed by atoms with Gasteiger partial charge in [0.2, 0.25) is 0 Å². The van der Waals surface area contributed by atoms with Crippen LogP contribution < -0.4 is 0 Å². The van der Waals surface area contributed by atoms with Crippen molar-refractivity contribution in [3.05, 3.63) is 35.9 Å². The van der Waals surface area contributed by atoms with Gasteiger partial charge in [0.25, 0.3) is 0 Å². The lowest BCUT2D eigenvalue weighted by atomic mass is 10.2. The third kappa shape index (κ3) is 2.47. The molecule has 1 aromatic carbocycles. The average molecular weight is 213 g/mol. The maximum atomic E-state index is 5.73. The number of rotatable bonds is 5. The van der Waals surface area contributed by atoms with Crippen molar-refractivity contribution in [2.45, 2.75) is 12.2 Å². The second-order valence-corrected chi connectivity index (χ2v) is 3.85. The van der Waals surface area contributed by atoms with E-state index >= 15 is 0 Å². The quantitative estimate of drug-likeness (QED) is 0.552. The summed E-state index contributed by atoms with van der Waals surface area (Å²) in [5.74, 6) is 0.516. The van der Waals surface area contributed by atoms with E-state index in [4.69, 9.17) is 21.1 Å². The molecule has 0 radical (unpaired) electrons. The smallest absolute Gasteiger partial charge is 0.128 e. The summed E-state index contributed by atoms with van der Waals surface area (Å²) in [5, 5.41) is 0. The summed E-state index contributed by atoms with van der Waals surface area (Å²) in [7, 11) is 0. The second-order valence-electron chi connectivity index (χ2n) is 3.58. The molecule has 1 saturated heterocycles. The molecule has 1 aliphatic rings. The molecule has 0 bridgehead atoms. The largest absolute Gasteiger partial charge is 0.374 e. The Morgan fingerprint density at radius 3 is 2.64 bits per heavy atom. The first-order valence-electron chi connectivity index (χ1n) is 4.66. The van der Waals surface area contributed by atoms with Crippen molar-refractivity contribution in [1.82, 2.24) is 0 Å². The van der Waals surface area contributed by atoms with E-state index in [1.165, 1.54) is 5.56 Å². The standard InChI is InChI=1S/C11H13ClO2/c12-7-11(9-14-11)8-13-6-10-4-2-1-3-5-10/h1-5H,6-9H2. The first kappa shape index (κ1) is 9.97. The fourth-order valence-corrected chi connectivity index (χ4v) is 1.46. The lowest BCUT2D eigenvalue weighted by Gasteiger charge is -2.08. The summed E-state index contributed by atoms with van der Waals surface area (Å²) in [6.07, 6.45) is 0. The number of alkyl halides is 1. The summed E-state index contributed by atoms with van der Waals surface area (Å²) >= 11 is 5.73. The van der Waals surface area contributed by atoms with Gasteiger partial charge in [-0.15, -0.1) is 11.6 Å². The van der Waals surface area contributed by atoms with Crippen LogP contribution in [0.4, 0.5) is 0 Å². The maximum Gasteiger partial charge on any atom is 0.128 e. The molecular weight excluding hydrogens is 200 g/mol. The van der Waals surface area contributed by atoms with E-state index in [1.807, 2.05) is 30.3 Å². The van der Waals surface area contributed by atoms with Crippen LogP contribution in [0.15, 0.2) is 30.3 Å². The molecule has 0 N–H and O–H groups in total. The van der Waals surface area contributed by atoms with E-state index < -0.39 is 0 Å². The Morgan fingerprint density at radius 2 is 2.07 bits per heavy atom. The van der Waals surface area contributed by atoms with Gasteiger partial charge in [0, 0.05) is 0 Å². The summed E-state index contributed by atoms with van der Waals surface area (Å²) in [6, 6.07) is 10.1. The predicted molar refractivity (Wildman–Crippen MR) is 55.5 cm³/mol. The Balaban J connectivity index is 1.73. The molecule has 0 aromatic heterocycles. The minimum absolute atomic E-state index is 0.184. The first-order chi connectivity index (χ1) is 6.85. The molecule has 0 saturated carbocycles. The van der Waals surface area contributed by atoms with E-state index in [0.717, 1.165) is 6.61 Å². The summed E-state index contributed by atoms with van der Waals surface area (Å²) in [4.78, 5) is 0. The van der Waals surface area contributed by atoms with Gasteiger partial charge in [-0.3, -0.25) is 0 Å². The third-order valence-electron chi connectivity index (χ3n) is 2.27. The van der Waals surface area contributed by atoms with Gasteiger partial charge in [-0.2, -0.15) is 0 Å². The number of ether oxygens (including phenoxy) is 2. The van der Waals surface area contributed by atoms with Crippen LogP contribution in [-0.2, 0) is 16.1 Å². The minimum atomic E-state index is -0.184. The lowest BCUT2D eigenvalue weighted by molar-refractivity contribution is 0.0754. The van der Waals surface area contributed by atoms with E-state index in [9.17, 15) is 0 Å². The van der Waals surface area contributed by atoms with Gasteiger partial charge in [0.15, 0.2) is 0 Å². The summed E-state index contributed by atoms with van der Waals surface area (Å²) in [6.45, 7) is 1.94. The van der Waals surface area contributed by atoms with Gasteiger partial charge in [-0.05, 0) is 5.56 Å². The summed E-state index contributed by atoms with van der Waals surface area (Å²) < 4.78 is 10.8. The van der Waals surface area contributed by atoms with Crippen molar-refractivity contribution in [1.29, 1.82) is 0 Å². The number of hydrogen-bond acceptors (Lipinski definition) is 2. The Morgan fingerprint density at radius 1 is 1.36 bits per heavy atom. The third-order valence-corrected chi connectivity index (χ3v) is 2.76. The molecule has 1 heterocycles. The molecule has 76 valence electrons. The predicted octanol–water partition coefficient (Wildman–Crippen LogP) is 2.21. The highest BCUT2D eigenvalue weighted by atomic mass is 35.5.